The van der Waals surface area contributed by atoms with Crippen LogP contribution < -0.4 is 0 Å². The van der Waals surface area contributed by atoms with Crippen molar-refractivity contribution in [3.63, 3.8) is 0 Å². The number of hydrogen-bond donors (Lipinski definition) is 1. The third kappa shape index (κ3) is 3.20. The van der Waals surface area contributed by atoms with Crippen LogP contribution >= 0.6 is 0 Å². The number of nitrogens with one attached hydrogen (secondary N) is 1. The molecule has 2 aromatic rings. The second kappa shape index (κ2) is 7.20. The van der Waals surface area contributed by atoms with Gasteiger partial charge in [0, 0.05) is 41.9 Å². The summed E-state index contributed by atoms with van der Waals surface area (Å²) in [6, 6.07) is 6.57. The van der Waals surface area contributed by atoms with Crippen LogP contribution in [0.4, 0.5) is 0 Å². The topological polar surface area (TPSA) is 45.3 Å². The molecule has 0 radical (unpaired) electrons. The molecule has 0 bridgehead atoms. The number of nitrogens with zero attached hydrogens (tertiary/aromatic N) is 1. The lowest BCUT2D eigenvalue weighted by molar-refractivity contribution is 0.0606. The second-order valence-electron chi connectivity index (χ2n) is 7.48. The van der Waals surface area contributed by atoms with Crippen LogP contribution in [-0.2, 0) is 17.6 Å². The fourth-order valence-electron chi connectivity index (χ4n) is 4.56. The van der Waals surface area contributed by atoms with Gasteiger partial charge in [0.2, 0.25) is 0 Å². The van der Waals surface area contributed by atoms with Gasteiger partial charge < -0.3 is 14.6 Å². The van der Waals surface area contributed by atoms with E-state index in [-0.39, 0.29) is 5.91 Å². The minimum Gasteiger partial charge on any atom is -0.383 e. The van der Waals surface area contributed by atoms with Crippen molar-refractivity contribution in [3.05, 3.63) is 35.0 Å². The zero-order chi connectivity index (χ0) is 17.2. The number of hydrogen-bond acceptors (Lipinski definition) is 2. The number of carbonyl (C=O) groups is 1. The van der Waals surface area contributed by atoms with Gasteiger partial charge in [0.1, 0.15) is 0 Å². The third-order valence-corrected chi connectivity index (χ3v) is 5.91. The van der Waals surface area contributed by atoms with Gasteiger partial charge in [-0.25, -0.2) is 0 Å². The van der Waals surface area contributed by atoms with Crippen molar-refractivity contribution in [1.29, 1.82) is 0 Å². The van der Waals surface area contributed by atoms with Crippen LogP contribution in [0.2, 0.25) is 0 Å². The molecule has 0 spiro atoms. The van der Waals surface area contributed by atoms with Crippen molar-refractivity contribution < 1.29 is 9.53 Å². The van der Waals surface area contributed by atoms with E-state index in [1.807, 2.05) is 6.07 Å². The predicted molar refractivity (Wildman–Crippen MR) is 100 cm³/mol. The van der Waals surface area contributed by atoms with Gasteiger partial charge in [-0.05, 0) is 62.3 Å². The second-order valence-corrected chi connectivity index (χ2v) is 7.48. The Morgan fingerprint density at radius 1 is 1.20 bits per heavy atom. The molecular weight excluding hydrogens is 312 g/mol. The Morgan fingerprint density at radius 3 is 2.80 bits per heavy atom. The molecule has 1 saturated carbocycles. The van der Waals surface area contributed by atoms with Crippen LogP contribution in [0.1, 0.15) is 60.1 Å². The average Bonchev–Trinajstić information content (AvgIpc) is 3.29. The van der Waals surface area contributed by atoms with Crippen LogP contribution in [0.3, 0.4) is 0 Å². The number of amides is 1. The molecule has 4 heteroatoms. The molecule has 2 aliphatic rings. The number of fused-ring (bicyclic) bond motifs is 3. The summed E-state index contributed by atoms with van der Waals surface area (Å²) in [6.07, 6.45) is 9.47. The highest BCUT2D eigenvalue weighted by Crippen LogP contribution is 2.31. The monoisotopic (exact) mass is 340 g/mol. The van der Waals surface area contributed by atoms with Gasteiger partial charge >= 0.3 is 0 Å². The number of benzene rings is 1. The van der Waals surface area contributed by atoms with Crippen LogP contribution in [0, 0.1) is 0 Å². The number of methoxy groups -OCH3 is 1. The first-order valence-electron chi connectivity index (χ1n) is 9.71. The lowest BCUT2D eigenvalue weighted by Gasteiger charge is -2.29. The largest absolute Gasteiger partial charge is 0.383 e. The summed E-state index contributed by atoms with van der Waals surface area (Å²) >= 11 is 0. The van der Waals surface area contributed by atoms with Crippen molar-refractivity contribution in [3.8, 4) is 0 Å². The third-order valence-electron chi connectivity index (χ3n) is 5.91. The number of rotatable bonds is 5. The van der Waals surface area contributed by atoms with E-state index in [4.69, 9.17) is 4.74 Å². The van der Waals surface area contributed by atoms with Gasteiger partial charge in [0.15, 0.2) is 0 Å². The summed E-state index contributed by atoms with van der Waals surface area (Å²) < 4.78 is 5.25. The van der Waals surface area contributed by atoms with E-state index in [0.29, 0.717) is 19.2 Å². The van der Waals surface area contributed by atoms with Crippen molar-refractivity contribution in [2.24, 2.45) is 0 Å². The number of aryl methyl sites for hydroxylation is 2. The first-order chi connectivity index (χ1) is 12.3. The maximum Gasteiger partial charge on any atom is 0.254 e. The minimum absolute atomic E-state index is 0.164. The molecule has 0 saturated heterocycles. The number of aromatic amines is 1. The van der Waals surface area contributed by atoms with E-state index in [1.165, 1.54) is 47.8 Å². The Bertz CT molecular complexity index is 759. The van der Waals surface area contributed by atoms with Crippen molar-refractivity contribution in [1.82, 2.24) is 9.88 Å². The fourth-order valence-corrected chi connectivity index (χ4v) is 4.56. The highest BCUT2D eigenvalue weighted by molar-refractivity contribution is 5.99. The highest BCUT2D eigenvalue weighted by Gasteiger charge is 2.27. The lowest BCUT2D eigenvalue weighted by atomic mass is 9.95. The summed E-state index contributed by atoms with van der Waals surface area (Å²) in [5.41, 5.74) is 4.80. The summed E-state index contributed by atoms with van der Waals surface area (Å²) in [4.78, 5) is 18.8. The maximum atomic E-state index is 13.2. The van der Waals surface area contributed by atoms with Crippen LogP contribution in [0.5, 0.6) is 0 Å². The Morgan fingerprint density at radius 2 is 2.00 bits per heavy atom. The fraction of sp³-hybridized carbons (Fsp3) is 0.571. The molecule has 1 aromatic carbocycles. The summed E-state index contributed by atoms with van der Waals surface area (Å²) in [5, 5.41) is 1.25. The standard InChI is InChI=1S/C21H28N2O2/c1-25-13-12-23(16-6-2-3-7-16)21(24)15-10-11-20-18(14-15)17-8-4-5-9-19(17)22-20/h10-11,14,16,22H,2-9,12-13H2,1H3. The van der Waals surface area contributed by atoms with Crippen molar-refractivity contribution >= 4 is 16.8 Å². The van der Waals surface area contributed by atoms with E-state index in [2.05, 4.69) is 22.0 Å². The van der Waals surface area contributed by atoms with Crippen LogP contribution in [0.25, 0.3) is 10.9 Å². The van der Waals surface area contributed by atoms with Gasteiger partial charge in [0.05, 0.1) is 6.61 Å². The van der Waals surface area contributed by atoms with Gasteiger partial charge in [0.25, 0.3) is 5.91 Å². The predicted octanol–water partition coefficient (Wildman–Crippen LogP) is 4.08. The summed E-state index contributed by atoms with van der Waals surface area (Å²) in [5.74, 6) is 0.164. The molecule has 1 aromatic heterocycles. The molecular formula is C21H28N2O2. The average molecular weight is 340 g/mol. The van der Waals surface area contributed by atoms with Gasteiger partial charge in [-0.3, -0.25) is 4.79 Å². The van der Waals surface area contributed by atoms with E-state index < -0.39 is 0 Å². The SMILES string of the molecule is COCCN(C(=O)c1ccc2[nH]c3c(c2c1)CCCC3)C1CCCC1. The molecule has 4 nitrogen and oxygen atoms in total. The molecule has 1 N–H and O–H groups in total. The zero-order valence-corrected chi connectivity index (χ0v) is 15.1. The molecule has 134 valence electrons. The number of H-pyrrole nitrogens is 1. The Balaban J connectivity index is 1.65. The van der Waals surface area contributed by atoms with Crippen LogP contribution in [0.15, 0.2) is 18.2 Å². The number of ether oxygens (including phenoxy) is 1. The van der Waals surface area contributed by atoms with Gasteiger partial charge in [-0.15, -0.1) is 0 Å². The minimum atomic E-state index is 0.164. The van der Waals surface area contributed by atoms with E-state index in [9.17, 15) is 4.79 Å². The molecule has 0 atom stereocenters. The van der Waals surface area contributed by atoms with E-state index >= 15 is 0 Å². The normalized spacial score (nSPS) is 17.8. The van der Waals surface area contributed by atoms with Gasteiger partial charge in [-0.2, -0.15) is 0 Å². The smallest absolute Gasteiger partial charge is 0.254 e. The highest BCUT2D eigenvalue weighted by atomic mass is 16.5. The summed E-state index contributed by atoms with van der Waals surface area (Å²) in [7, 11) is 1.70. The molecule has 1 heterocycles. The first kappa shape index (κ1) is 16.6. The quantitative estimate of drug-likeness (QED) is 0.891. The Labute approximate surface area is 149 Å². The molecule has 25 heavy (non-hydrogen) atoms. The summed E-state index contributed by atoms with van der Waals surface area (Å²) in [6.45, 7) is 1.29. The molecule has 0 aliphatic heterocycles. The van der Waals surface area contributed by atoms with Gasteiger partial charge in [-0.1, -0.05) is 12.8 Å². The van der Waals surface area contributed by atoms with Crippen molar-refractivity contribution in [2.45, 2.75) is 57.4 Å². The zero-order valence-electron chi connectivity index (χ0n) is 15.1. The van der Waals surface area contributed by atoms with E-state index in [1.54, 1.807) is 7.11 Å². The number of carbonyl (C=O) groups excluding carboxylic acids is 1. The van der Waals surface area contributed by atoms with Crippen molar-refractivity contribution in [2.75, 3.05) is 20.3 Å². The molecule has 1 amide bonds. The Kier molecular flexibility index (Phi) is 4.80. The molecule has 1 fully saturated rings. The number of aromatic nitrogens is 1. The van der Waals surface area contributed by atoms with Crippen LogP contribution in [-0.4, -0.2) is 42.1 Å². The molecule has 2 aliphatic carbocycles. The molecule has 0 unspecified atom stereocenters. The Hall–Kier alpha value is -1.81. The molecule has 4 rings (SSSR count). The first-order valence-corrected chi connectivity index (χ1v) is 9.71. The van der Waals surface area contributed by atoms with E-state index in [0.717, 1.165) is 31.2 Å². The lowest BCUT2D eigenvalue weighted by Crippen LogP contribution is -2.41. The maximum absolute atomic E-state index is 13.2.